The lowest BCUT2D eigenvalue weighted by atomic mass is 9.97. The van der Waals surface area contributed by atoms with Crippen LogP contribution < -0.4 is 21.1 Å². The Morgan fingerprint density at radius 3 is 2.38 bits per heavy atom. The molecule has 1 unspecified atom stereocenters. The fraction of sp³-hybridized carbons (Fsp3) is 0.286. The third-order valence-electron chi connectivity index (χ3n) is 4.92. The Labute approximate surface area is 169 Å². The van der Waals surface area contributed by atoms with Crippen LogP contribution in [-0.2, 0) is 4.79 Å². The first-order valence-corrected chi connectivity index (χ1v) is 9.42. The van der Waals surface area contributed by atoms with Crippen LogP contribution in [-0.4, -0.2) is 42.9 Å². The van der Waals surface area contributed by atoms with Crippen molar-refractivity contribution in [2.24, 2.45) is 11.7 Å². The summed E-state index contributed by atoms with van der Waals surface area (Å²) < 4.78 is 5.11. The Kier molecular flexibility index (Phi) is 6.33. The molecule has 1 atom stereocenters. The quantitative estimate of drug-likeness (QED) is 0.458. The molecule has 1 aliphatic rings. The average Bonchev–Trinajstić information content (AvgIpc) is 2.75. The summed E-state index contributed by atoms with van der Waals surface area (Å²) in [6, 6.07) is 13.8. The minimum absolute atomic E-state index is 0.0188. The molecule has 29 heavy (non-hydrogen) atoms. The molecule has 5 N–H and O–H groups in total. The number of methoxy groups -OCH3 is 1. The lowest BCUT2D eigenvalue weighted by Gasteiger charge is -2.32. The number of nitrogens with zero attached hydrogens (tertiary/aromatic N) is 1. The van der Waals surface area contributed by atoms with E-state index in [0.29, 0.717) is 35.8 Å². The highest BCUT2D eigenvalue weighted by atomic mass is 16.5. The van der Waals surface area contributed by atoms with Crippen molar-refractivity contribution in [1.29, 1.82) is 5.41 Å². The van der Waals surface area contributed by atoms with Crippen molar-refractivity contribution in [3.05, 3.63) is 54.1 Å². The second kappa shape index (κ2) is 9.09. The van der Waals surface area contributed by atoms with Crippen LogP contribution >= 0.6 is 0 Å². The Hall–Kier alpha value is -3.55. The molecule has 2 aromatic carbocycles. The fourth-order valence-corrected chi connectivity index (χ4v) is 3.28. The van der Waals surface area contributed by atoms with Crippen LogP contribution in [0.15, 0.2) is 48.5 Å². The normalized spacial score (nSPS) is 16.0. The average molecular weight is 395 g/mol. The van der Waals surface area contributed by atoms with Crippen molar-refractivity contribution >= 4 is 29.1 Å². The Bertz CT molecular complexity index is 897. The van der Waals surface area contributed by atoms with E-state index in [1.54, 1.807) is 60.5 Å². The van der Waals surface area contributed by atoms with Gasteiger partial charge >= 0.3 is 0 Å². The molecule has 0 radical (unpaired) electrons. The number of nitrogens with one attached hydrogen (secondary N) is 3. The van der Waals surface area contributed by atoms with Crippen LogP contribution in [0.1, 0.15) is 23.2 Å². The molecule has 1 saturated heterocycles. The summed E-state index contributed by atoms with van der Waals surface area (Å²) in [5, 5.41) is 13.3. The van der Waals surface area contributed by atoms with Gasteiger partial charge in [-0.3, -0.25) is 15.0 Å². The molecule has 0 aromatic heterocycles. The number of anilines is 2. The number of likely N-dealkylation sites (tertiary alicyclic amines) is 1. The van der Waals surface area contributed by atoms with Gasteiger partial charge in [-0.15, -0.1) is 0 Å². The van der Waals surface area contributed by atoms with Crippen molar-refractivity contribution in [2.45, 2.75) is 12.8 Å². The van der Waals surface area contributed by atoms with Crippen molar-refractivity contribution < 1.29 is 14.3 Å². The Morgan fingerprint density at radius 2 is 1.76 bits per heavy atom. The minimum Gasteiger partial charge on any atom is -0.497 e. The standard InChI is InChI=1S/C21H25N5O3/c1-29-16-10-8-14(9-11-16)19(27)24-17-6-2-3-7-18(17)25-20(28)15-5-4-12-26(13-15)21(22)23/h2-3,6-11,15H,4-5,12-13H2,1H3,(H3,22,23)(H,24,27)(H,25,28). The number of amides is 2. The van der Waals surface area contributed by atoms with E-state index in [4.69, 9.17) is 15.9 Å². The Morgan fingerprint density at radius 1 is 1.10 bits per heavy atom. The second-order valence-electron chi connectivity index (χ2n) is 6.89. The highest BCUT2D eigenvalue weighted by Gasteiger charge is 2.27. The van der Waals surface area contributed by atoms with Gasteiger partial charge < -0.3 is 26.0 Å². The first-order valence-electron chi connectivity index (χ1n) is 9.42. The molecule has 1 aliphatic heterocycles. The molecule has 152 valence electrons. The zero-order valence-electron chi connectivity index (χ0n) is 16.3. The number of para-hydroxylation sites is 2. The summed E-state index contributed by atoms with van der Waals surface area (Å²) in [5.74, 6) is -0.0502. The van der Waals surface area contributed by atoms with E-state index in [0.717, 1.165) is 12.8 Å². The minimum atomic E-state index is -0.283. The molecule has 2 amide bonds. The molecule has 0 spiro atoms. The van der Waals surface area contributed by atoms with E-state index >= 15 is 0 Å². The summed E-state index contributed by atoms with van der Waals surface area (Å²) in [7, 11) is 1.57. The van der Waals surface area contributed by atoms with Gasteiger partial charge in [0.05, 0.1) is 24.4 Å². The maximum Gasteiger partial charge on any atom is 0.255 e. The van der Waals surface area contributed by atoms with Gasteiger partial charge in [0, 0.05) is 18.7 Å². The molecular formula is C21H25N5O3. The van der Waals surface area contributed by atoms with Gasteiger partial charge in [0.1, 0.15) is 5.75 Å². The predicted molar refractivity (Wildman–Crippen MR) is 112 cm³/mol. The highest BCUT2D eigenvalue weighted by Crippen LogP contribution is 2.25. The molecule has 2 aromatic rings. The van der Waals surface area contributed by atoms with Gasteiger partial charge in [-0.2, -0.15) is 0 Å². The third-order valence-corrected chi connectivity index (χ3v) is 4.92. The molecule has 0 bridgehead atoms. The van der Waals surface area contributed by atoms with Gasteiger partial charge in [0.2, 0.25) is 5.91 Å². The zero-order chi connectivity index (χ0) is 20.8. The number of hydrogen-bond donors (Lipinski definition) is 4. The lowest BCUT2D eigenvalue weighted by molar-refractivity contribution is -0.121. The van der Waals surface area contributed by atoms with E-state index in [2.05, 4.69) is 10.6 Å². The topological polar surface area (TPSA) is 121 Å². The number of rotatable bonds is 5. The Balaban J connectivity index is 1.69. The SMILES string of the molecule is COc1ccc(C(=O)Nc2ccccc2NC(=O)C2CCCN(C(=N)N)C2)cc1. The van der Waals surface area contributed by atoms with E-state index < -0.39 is 0 Å². The largest absolute Gasteiger partial charge is 0.497 e. The van der Waals surface area contributed by atoms with E-state index in [9.17, 15) is 9.59 Å². The van der Waals surface area contributed by atoms with Gasteiger partial charge in [-0.25, -0.2) is 0 Å². The van der Waals surface area contributed by atoms with Crippen LogP contribution in [0.5, 0.6) is 5.75 Å². The second-order valence-corrected chi connectivity index (χ2v) is 6.89. The number of carbonyl (C=O) groups is 2. The first kappa shape index (κ1) is 20.2. The van der Waals surface area contributed by atoms with E-state index in [-0.39, 0.29) is 23.7 Å². The van der Waals surface area contributed by atoms with Crippen molar-refractivity contribution in [2.75, 3.05) is 30.8 Å². The summed E-state index contributed by atoms with van der Waals surface area (Å²) in [5.41, 5.74) is 7.08. The number of hydrogen-bond acceptors (Lipinski definition) is 4. The maximum atomic E-state index is 12.7. The number of guanidine groups is 1. The van der Waals surface area contributed by atoms with Crippen molar-refractivity contribution in [3.63, 3.8) is 0 Å². The first-order chi connectivity index (χ1) is 14.0. The molecule has 0 saturated carbocycles. The molecular weight excluding hydrogens is 370 g/mol. The number of carbonyl (C=O) groups excluding carboxylic acids is 2. The van der Waals surface area contributed by atoms with Gasteiger partial charge in [0.25, 0.3) is 5.91 Å². The summed E-state index contributed by atoms with van der Waals surface area (Å²) in [6.45, 7) is 1.11. The van der Waals surface area contributed by atoms with E-state index in [1.807, 2.05) is 0 Å². The van der Waals surface area contributed by atoms with Crippen LogP contribution in [0.25, 0.3) is 0 Å². The number of ether oxygens (including phenoxy) is 1. The molecule has 1 heterocycles. The van der Waals surface area contributed by atoms with Crippen LogP contribution in [0.2, 0.25) is 0 Å². The van der Waals surface area contributed by atoms with Crippen molar-refractivity contribution in [1.82, 2.24) is 4.90 Å². The summed E-state index contributed by atoms with van der Waals surface area (Å²) in [6.07, 6.45) is 1.53. The summed E-state index contributed by atoms with van der Waals surface area (Å²) in [4.78, 5) is 27.0. The third kappa shape index (κ3) is 5.04. The summed E-state index contributed by atoms with van der Waals surface area (Å²) >= 11 is 0. The van der Waals surface area contributed by atoms with Gasteiger partial charge in [-0.05, 0) is 49.2 Å². The monoisotopic (exact) mass is 395 g/mol. The van der Waals surface area contributed by atoms with E-state index in [1.165, 1.54) is 0 Å². The molecule has 0 aliphatic carbocycles. The van der Waals surface area contributed by atoms with Gasteiger partial charge in [0.15, 0.2) is 5.96 Å². The van der Waals surface area contributed by atoms with Crippen molar-refractivity contribution in [3.8, 4) is 5.75 Å². The number of benzene rings is 2. The molecule has 1 fully saturated rings. The van der Waals surface area contributed by atoms with Crippen LogP contribution in [0.4, 0.5) is 11.4 Å². The molecule has 8 heteroatoms. The van der Waals surface area contributed by atoms with Crippen LogP contribution in [0.3, 0.4) is 0 Å². The molecule has 8 nitrogen and oxygen atoms in total. The fourth-order valence-electron chi connectivity index (χ4n) is 3.28. The number of piperidine rings is 1. The number of nitrogens with two attached hydrogens (primary N) is 1. The highest BCUT2D eigenvalue weighted by molar-refractivity contribution is 6.07. The predicted octanol–water partition coefficient (Wildman–Crippen LogP) is 2.49. The smallest absolute Gasteiger partial charge is 0.255 e. The van der Waals surface area contributed by atoms with Gasteiger partial charge in [-0.1, -0.05) is 12.1 Å². The zero-order valence-corrected chi connectivity index (χ0v) is 16.3. The lowest BCUT2D eigenvalue weighted by Crippen LogP contribution is -2.46. The maximum absolute atomic E-state index is 12.7. The van der Waals surface area contributed by atoms with Crippen LogP contribution in [0, 0.1) is 11.3 Å². The molecule has 3 rings (SSSR count).